The predicted octanol–water partition coefficient (Wildman–Crippen LogP) is 3.83. The van der Waals surface area contributed by atoms with Crippen molar-refractivity contribution in [3.8, 4) is 0 Å². The van der Waals surface area contributed by atoms with E-state index >= 15 is 0 Å². The average molecular weight is 350 g/mol. The van der Waals surface area contributed by atoms with Gasteiger partial charge in [-0.2, -0.15) is 0 Å². The highest BCUT2D eigenvalue weighted by Gasteiger charge is 2.09. The van der Waals surface area contributed by atoms with Gasteiger partial charge < -0.3 is 10.6 Å². The number of hydrogen-bond donors (Lipinski definition) is 2. The molecule has 0 bridgehead atoms. The fraction of sp³-hybridized carbons (Fsp3) is 0.150. The van der Waals surface area contributed by atoms with Crippen molar-refractivity contribution in [3.63, 3.8) is 0 Å². The number of hydrogen-bond acceptors (Lipinski definition) is 4. The molecule has 3 aromatic rings. The van der Waals surface area contributed by atoms with E-state index in [0.29, 0.717) is 18.1 Å². The number of aromatic nitrogens is 2. The molecule has 132 valence electrons. The Balaban J connectivity index is 1.57. The number of halogens is 1. The van der Waals surface area contributed by atoms with Crippen LogP contribution in [0.1, 0.15) is 21.6 Å². The molecule has 2 aromatic carbocycles. The summed E-state index contributed by atoms with van der Waals surface area (Å²) in [4.78, 5) is 20.5. The van der Waals surface area contributed by atoms with Crippen LogP contribution in [0.2, 0.25) is 0 Å². The minimum absolute atomic E-state index is 0.248. The number of aryl methyl sites for hydroxylation is 1. The summed E-state index contributed by atoms with van der Waals surface area (Å²) >= 11 is 0. The molecule has 0 saturated heterocycles. The molecule has 0 spiro atoms. The highest BCUT2D eigenvalue weighted by molar-refractivity contribution is 6.03. The zero-order chi connectivity index (χ0) is 18.4. The number of nitrogens with zero attached hydrogens (tertiary/aromatic N) is 2. The third kappa shape index (κ3) is 4.86. The summed E-state index contributed by atoms with van der Waals surface area (Å²) in [7, 11) is 0. The number of benzene rings is 2. The summed E-state index contributed by atoms with van der Waals surface area (Å²) < 4.78 is 12.9. The average Bonchev–Trinajstić information content (AvgIpc) is 2.65. The van der Waals surface area contributed by atoms with Gasteiger partial charge in [0.25, 0.3) is 5.91 Å². The van der Waals surface area contributed by atoms with E-state index in [4.69, 9.17) is 0 Å². The van der Waals surface area contributed by atoms with E-state index in [9.17, 15) is 9.18 Å². The van der Waals surface area contributed by atoms with E-state index in [1.165, 1.54) is 18.5 Å². The molecule has 0 aliphatic carbocycles. The Labute approximate surface area is 151 Å². The van der Waals surface area contributed by atoms with Crippen LogP contribution < -0.4 is 10.6 Å². The van der Waals surface area contributed by atoms with Crippen LogP contribution in [0.3, 0.4) is 0 Å². The fourth-order valence-electron chi connectivity index (χ4n) is 2.40. The molecular weight excluding hydrogens is 331 g/mol. The van der Waals surface area contributed by atoms with Gasteiger partial charge in [0.1, 0.15) is 23.7 Å². The SMILES string of the molecule is Cc1ccc(NC(=O)c2cc(NCCc3ccc(F)cc3)ncn2)cc1. The van der Waals surface area contributed by atoms with Gasteiger partial charge in [-0.3, -0.25) is 4.79 Å². The third-order valence-electron chi connectivity index (χ3n) is 3.84. The fourth-order valence-corrected chi connectivity index (χ4v) is 2.40. The van der Waals surface area contributed by atoms with E-state index < -0.39 is 0 Å². The lowest BCUT2D eigenvalue weighted by Crippen LogP contribution is -2.15. The van der Waals surface area contributed by atoms with Crippen LogP contribution >= 0.6 is 0 Å². The maximum absolute atomic E-state index is 12.9. The largest absolute Gasteiger partial charge is 0.370 e. The van der Waals surface area contributed by atoms with E-state index in [2.05, 4.69) is 20.6 Å². The van der Waals surface area contributed by atoms with Crippen molar-refractivity contribution in [2.75, 3.05) is 17.2 Å². The van der Waals surface area contributed by atoms with Crippen LogP contribution in [-0.4, -0.2) is 22.4 Å². The minimum atomic E-state index is -0.294. The first-order chi connectivity index (χ1) is 12.6. The lowest BCUT2D eigenvalue weighted by atomic mass is 10.1. The quantitative estimate of drug-likeness (QED) is 0.709. The standard InChI is InChI=1S/C20H19FN4O/c1-14-2-8-17(9-3-14)25-20(26)18-12-19(24-13-23-18)22-11-10-15-4-6-16(21)7-5-15/h2-9,12-13H,10-11H2,1H3,(H,25,26)(H,22,23,24). The van der Waals surface area contributed by atoms with Gasteiger partial charge >= 0.3 is 0 Å². The molecule has 0 aliphatic rings. The summed E-state index contributed by atoms with van der Waals surface area (Å²) in [6, 6.07) is 15.5. The van der Waals surface area contributed by atoms with Gasteiger partial charge in [0.15, 0.2) is 0 Å². The van der Waals surface area contributed by atoms with E-state index in [1.807, 2.05) is 31.2 Å². The van der Waals surface area contributed by atoms with Crippen molar-refractivity contribution in [3.05, 3.63) is 83.6 Å². The lowest BCUT2D eigenvalue weighted by Gasteiger charge is -2.08. The van der Waals surface area contributed by atoms with Crippen LogP contribution in [-0.2, 0) is 6.42 Å². The Morgan fingerprint density at radius 2 is 1.77 bits per heavy atom. The summed E-state index contributed by atoms with van der Waals surface area (Å²) in [6.45, 7) is 2.60. The van der Waals surface area contributed by atoms with Crippen LogP contribution in [0.25, 0.3) is 0 Å². The monoisotopic (exact) mass is 350 g/mol. The Kier molecular flexibility index (Phi) is 5.53. The van der Waals surface area contributed by atoms with E-state index in [1.54, 1.807) is 18.2 Å². The van der Waals surface area contributed by atoms with Crippen molar-refractivity contribution >= 4 is 17.4 Å². The second-order valence-electron chi connectivity index (χ2n) is 5.91. The van der Waals surface area contributed by atoms with Gasteiger partial charge in [0.05, 0.1) is 0 Å². The smallest absolute Gasteiger partial charge is 0.274 e. The van der Waals surface area contributed by atoms with Crippen molar-refractivity contribution in [1.82, 2.24) is 9.97 Å². The molecule has 5 nitrogen and oxygen atoms in total. The van der Waals surface area contributed by atoms with Gasteiger partial charge in [-0.15, -0.1) is 0 Å². The van der Waals surface area contributed by atoms with E-state index in [0.717, 1.165) is 17.5 Å². The Morgan fingerprint density at radius 3 is 2.50 bits per heavy atom. The molecule has 6 heteroatoms. The molecule has 1 amide bonds. The first kappa shape index (κ1) is 17.5. The molecule has 2 N–H and O–H groups in total. The van der Waals surface area contributed by atoms with Crippen molar-refractivity contribution < 1.29 is 9.18 Å². The molecular formula is C20H19FN4O. The molecule has 26 heavy (non-hydrogen) atoms. The molecule has 0 radical (unpaired) electrons. The molecule has 0 fully saturated rings. The Bertz CT molecular complexity index is 879. The maximum atomic E-state index is 12.9. The summed E-state index contributed by atoms with van der Waals surface area (Å²) in [6.07, 6.45) is 2.07. The molecule has 1 heterocycles. The molecule has 1 aromatic heterocycles. The number of carbonyl (C=O) groups excluding carboxylic acids is 1. The van der Waals surface area contributed by atoms with Crippen molar-refractivity contribution in [2.24, 2.45) is 0 Å². The van der Waals surface area contributed by atoms with Gasteiger partial charge in [-0.05, 0) is 43.2 Å². The van der Waals surface area contributed by atoms with E-state index in [-0.39, 0.29) is 17.4 Å². The number of rotatable bonds is 6. The van der Waals surface area contributed by atoms with Crippen LogP contribution in [0.5, 0.6) is 0 Å². The van der Waals surface area contributed by atoms with Gasteiger partial charge in [-0.25, -0.2) is 14.4 Å². The summed E-state index contributed by atoms with van der Waals surface area (Å²) in [5.41, 5.74) is 3.14. The topological polar surface area (TPSA) is 66.9 Å². The lowest BCUT2D eigenvalue weighted by molar-refractivity contribution is 0.102. The Hall–Kier alpha value is -3.28. The number of carbonyl (C=O) groups is 1. The second-order valence-corrected chi connectivity index (χ2v) is 5.91. The molecule has 3 rings (SSSR count). The summed E-state index contributed by atoms with van der Waals surface area (Å²) in [5, 5.41) is 5.96. The summed E-state index contributed by atoms with van der Waals surface area (Å²) in [5.74, 6) is 0.0238. The molecule has 0 saturated carbocycles. The highest BCUT2D eigenvalue weighted by Crippen LogP contribution is 2.11. The van der Waals surface area contributed by atoms with Gasteiger partial charge in [0, 0.05) is 18.3 Å². The molecule has 0 unspecified atom stereocenters. The minimum Gasteiger partial charge on any atom is -0.370 e. The van der Waals surface area contributed by atoms with Gasteiger partial charge in [-0.1, -0.05) is 29.8 Å². The zero-order valence-electron chi connectivity index (χ0n) is 14.4. The highest BCUT2D eigenvalue weighted by atomic mass is 19.1. The first-order valence-corrected chi connectivity index (χ1v) is 8.28. The van der Waals surface area contributed by atoms with Crippen LogP contribution in [0.15, 0.2) is 60.9 Å². The first-order valence-electron chi connectivity index (χ1n) is 8.28. The predicted molar refractivity (Wildman–Crippen MR) is 99.8 cm³/mol. The van der Waals surface area contributed by atoms with Crippen LogP contribution in [0.4, 0.5) is 15.9 Å². The zero-order valence-corrected chi connectivity index (χ0v) is 14.4. The number of nitrogens with one attached hydrogen (secondary N) is 2. The normalized spacial score (nSPS) is 10.4. The van der Waals surface area contributed by atoms with Crippen molar-refractivity contribution in [1.29, 1.82) is 0 Å². The number of anilines is 2. The van der Waals surface area contributed by atoms with Gasteiger partial charge in [0.2, 0.25) is 0 Å². The second kappa shape index (κ2) is 8.20. The van der Waals surface area contributed by atoms with Crippen LogP contribution in [0, 0.1) is 12.7 Å². The van der Waals surface area contributed by atoms with Crippen molar-refractivity contribution in [2.45, 2.75) is 13.3 Å². The molecule has 0 atom stereocenters. The third-order valence-corrected chi connectivity index (χ3v) is 3.84. The molecule has 0 aliphatic heterocycles. The number of amides is 1. The maximum Gasteiger partial charge on any atom is 0.274 e. The Morgan fingerprint density at radius 1 is 1.04 bits per heavy atom.